The number of amides is 1. The van der Waals surface area contributed by atoms with Gasteiger partial charge in [0.25, 0.3) is 5.91 Å². The van der Waals surface area contributed by atoms with Gasteiger partial charge in [0.15, 0.2) is 4.80 Å². The van der Waals surface area contributed by atoms with E-state index in [4.69, 9.17) is 4.74 Å². The number of aromatic nitrogens is 1. The van der Waals surface area contributed by atoms with Crippen LogP contribution in [0.4, 0.5) is 0 Å². The molecule has 0 radical (unpaired) electrons. The minimum Gasteiger partial charge on any atom is -0.494 e. The highest BCUT2D eigenvalue weighted by Gasteiger charge is 2.09. The van der Waals surface area contributed by atoms with Crippen LogP contribution in [0.25, 0.3) is 10.2 Å². The van der Waals surface area contributed by atoms with Gasteiger partial charge in [-0.05, 0) is 62.6 Å². The molecule has 1 aromatic heterocycles. The summed E-state index contributed by atoms with van der Waals surface area (Å²) >= 11 is 3.16. The van der Waals surface area contributed by atoms with Crippen LogP contribution < -0.4 is 9.54 Å². The van der Waals surface area contributed by atoms with E-state index in [0.29, 0.717) is 17.0 Å². The van der Waals surface area contributed by atoms with Gasteiger partial charge < -0.3 is 9.30 Å². The standard InChI is InChI=1S/C19H20N2O2S2/c1-4-21-16-11-8-14(23-5-2)12-17(16)25-19(21)20-18(22)13-6-9-15(24-3)10-7-13/h6-12H,4-5H2,1-3H3. The Hall–Kier alpha value is -2.05. The van der Waals surface area contributed by atoms with Crippen molar-refractivity contribution >= 4 is 39.2 Å². The van der Waals surface area contributed by atoms with Gasteiger partial charge in [0.05, 0.1) is 16.8 Å². The van der Waals surface area contributed by atoms with Crippen LogP contribution in [0.2, 0.25) is 0 Å². The van der Waals surface area contributed by atoms with Gasteiger partial charge in [-0.3, -0.25) is 4.79 Å². The van der Waals surface area contributed by atoms with Crippen molar-refractivity contribution in [2.24, 2.45) is 4.99 Å². The van der Waals surface area contributed by atoms with E-state index in [1.165, 1.54) is 11.3 Å². The van der Waals surface area contributed by atoms with E-state index < -0.39 is 0 Å². The number of nitrogens with zero attached hydrogens (tertiary/aromatic N) is 2. The van der Waals surface area contributed by atoms with Crippen LogP contribution in [0, 0.1) is 0 Å². The zero-order valence-electron chi connectivity index (χ0n) is 14.5. The second-order valence-corrected chi connectivity index (χ2v) is 7.23. The Morgan fingerprint density at radius 3 is 2.60 bits per heavy atom. The molecule has 1 heterocycles. The average Bonchev–Trinajstić information content (AvgIpc) is 2.98. The number of aryl methyl sites for hydroxylation is 1. The van der Waals surface area contributed by atoms with E-state index in [9.17, 15) is 4.79 Å². The molecule has 2 aromatic carbocycles. The van der Waals surface area contributed by atoms with Gasteiger partial charge in [-0.2, -0.15) is 4.99 Å². The molecule has 0 bridgehead atoms. The summed E-state index contributed by atoms with van der Waals surface area (Å²) in [5.41, 5.74) is 1.67. The van der Waals surface area contributed by atoms with Crippen LogP contribution in [0.5, 0.6) is 5.75 Å². The highest BCUT2D eigenvalue weighted by Crippen LogP contribution is 2.23. The van der Waals surface area contributed by atoms with Crippen molar-refractivity contribution in [3.8, 4) is 5.75 Å². The van der Waals surface area contributed by atoms with Gasteiger partial charge >= 0.3 is 0 Å². The Labute approximate surface area is 155 Å². The maximum absolute atomic E-state index is 12.5. The lowest BCUT2D eigenvalue weighted by atomic mass is 10.2. The van der Waals surface area contributed by atoms with Crippen molar-refractivity contribution < 1.29 is 9.53 Å². The number of fused-ring (bicyclic) bond motifs is 1. The highest BCUT2D eigenvalue weighted by atomic mass is 32.2. The predicted molar refractivity (Wildman–Crippen MR) is 105 cm³/mol. The van der Waals surface area contributed by atoms with Gasteiger partial charge in [0.2, 0.25) is 0 Å². The van der Waals surface area contributed by atoms with Crippen molar-refractivity contribution in [1.82, 2.24) is 4.57 Å². The first kappa shape index (κ1) is 17.8. The number of benzene rings is 2. The fourth-order valence-electron chi connectivity index (χ4n) is 2.59. The molecular weight excluding hydrogens is 352 g/mol. The van der Waals surface area contributed by atoms with Crippen LogP contribution in [-0.4, -0.2) is 23.3 Å². The molecule has 0 spiro atoms. The first-order valence-corrected chi connectivity index (χ1v) is 10.2. The van der Waals surface area contributed by atoms with E-state index in [-0.39, 0.29) is 5.91 Å². The molecule has 130 valence electrons. The largest absolute Gasteiger partial charge is 0.494 e. The minimum absolute atomic E-state index is 0.216. The molecule has 1 amide bonds. The van der Waals surface area contributed by atoms with Gasteiger partial charge in [-0.15, -0.1) is 11.8 Å². The third-order valence-corrected chi connectivity index (χ3v) is 5.60. The third-order valence-electron chi connectivity index (χ3n) is 3.82. The lowest BCUT2D eigenvalue weighted by Gasteiger charge is -2.03. The second-order valence-electron chi connectivity index (χ2n) is 5.34. The third kappa shape index (κ3) is 3.80. The molecule has 0 atom stereocenters. The van der Waals surface area contributed by atoms with E-state index in [2.05, 4.69) is 16.5 Å². The topological polar surface area (TPSA) is 43.6 Å². The minimum atomic E-state index is -0.216. The molecule has 0 aliphatic rings. The normalized spacial score (nSPS) is 11.9. The summed E-state index contributed by atoms with van der Waals surface area (Å²) in [5.74, 6) is 0.622. The molecule has 0 N–H and O–H groups in total. The first-order chi connectivity index (χ1) is 12.2. The number of hydrogen-bond acceptors (Lipinski definition) is 4. The summed E-state index contributed by atoms with van der Waals surface area (Å²) < 4.78 is 8.69. The van der Waals surface area contributed by atoms with Crippen molar-refractivity contribution in [3.05, 3.63) is 52.8 Å². The predicted octanol–water partition coefficient (Wildman–Crippen LogP) is 4.58. The number of rotatable bonds is 5. The summed E-state index contributed by atoms with van der Waals surface area (Å²) in [5, 5.41) is 0. The molecule has 3 aromatic rings. The lowest BCUT2D eigenvalue weighted by molar-refractivity contribution is 0.0998. The second kappa shape index (κ2) is 7.89. The van der Waals surface area contributed by atoms with Crippen LogP contribution in [0.3, 0.4) is 0 Å². The van der Waals surface area contributed by atoms with Crippen LogP contribution in [-0.2, 0) is 6.54 Å². The van der Waals surface area contributed by atoms with Crippen LogP contribution in [0.1, 0.15) is 24.2 Å². The number of hydrogen-bond donors (Lipinski definition) is 0. The first-order valence-electron chi connectivity index (χ1n) is 8.15. The van der Waals surface area contributed by atoms with Gasteiger partial charge in [0.1, 0.15) is 5.75 Å². The molecule has 0 unspecified atom stereocenters. The summed E-state index contributed by atoms with van der Waals surface area (Å²) in [6.07, 6.45) is 2.01. The average molecular weight is 373 g/mol. The Balaban J connectivity index is 2.03. The SMILES string of the molecule is CCOc1ccc2c(c1)sc(=NC(=O)c1ccc(SC)cc1)n2CC. The van der Waals surface area contributed by atoms with Crippen molar-refractivity contribution in [1.29, 1.82) is 0 Å². The molecule has 0 aliphatic heterocycles. The molecule has 6 heteroatoms. The Kier molecular flexibility index (Phi) is 5.60. The molecular formula is C19H20N2O2S2. The lowest BCUT2D eigenvalue weighted by Crippen LogP contribution is -2.15. The fourth-order valence-corrected chi connectivity index (χ4v) is 4.11. The van der Waals surface area contributed by atoms with Crippen molar-refractivity contribution in [3.63, 3.8) is 0 Å². The summed E-state index contributed by atoms with van der Waals surface area (Å²) in [6, 6.07) is 13.5. The van der Waals surface area contributed by atoms with E-state index in [1.807, 2.05) is 55.6 Å². The fraction of sp³-hybridized carbons (Fsp3) is 0.263. The number of carbonyl (C=O) groups excluding carboxylic acids is 1. The monoisotopic (exact) mass is 372 g/mol. The van der Waals surface area contributed by atoms with E-state index >= 15 is 0 Å². The van der Waals surface area contributed by atoms with E-state index in [0.717, 1.165) is 27.4 Å². The number of thioether (sulfide) groups is 1. The Bertz CT molecular complexity index is 956. The van der Waals surface area contributed by atoms with Crippen LogP contribution in [0.15, 0.2) is 52.4 Å². The number of carbonyl (C=O) groups is 1. The summed E-state index contributed by atoms with van der Waals surface area (Å²) in [4.78, 5) is 18.7. The van der Waals surface area contributed by atoms with Crippen molar-refractivity contribution in [2.75, 3.05) is 12.9 Å². The van der Waals surface area contributed by atoms with E-state index in [1.54, 1.807) is 11.8 Å². The Morgan fingerprint density at radius 1 is 1.20 bits per heavy atom. The quantitative estimate of drug-likeness (QED) is 0.616. The molecule has 25 heavy (non-hydrogen) atoms. The maximum Gasteiger partial charge on any atom is 0.279 e. The van der Waals surface area contributed by atoms with Gasteiger partial charge in [-0.1, -0.05) is 11.3 Å². The highest BCUT2D eigenvalue weighted by molar-refractivity contribution is 7.98. The summed E-state index contributed by atoms with van der Waals surface area (Å²) in [6.45, 7) is 5.41. The zero-order chi connectivity index (χ0) is 17.8. The van der Waals surface area contributed by atoms with Gasteiger partial charge in [0, 0.05) is 17.0 Å². The molecule has 0 aliphatic carbocycles. The molecule has 0 saturated heterocycles. The van der Waals surface area contributed by atoms with Crippen molar-refractivity contribution in [2.45, 2.75) is 25.3 Å². The zero-order valence-corrected chi connectivity index (χ0v) is 16.1. The molecule has 4 nitrogen and oxygen atoms in total. The number of thiazole rings is 1. The van der Waals surface area contributed by atoms with Crippen LogP contribution >= 0.6 is 23.1 Å². The summed E-state index contributed by atoms with van der Waals surface area (Å²) in [7, 11) is 0. The smallest absolute Gasteiger partial charge is 0.279 e. The molecule has 0 saturated carbocycles. The maximum atomic E-state index is 12.5. The number of ether oxygens (including phenoxy) is 1. The van der Waals surface area contributed by atoms with Gasteiger partial charge in [-0.25, -0.2) is 0 Å². The molecule has 0 fully saturated rings. The molecule has 3 rings (SSSR count). The Morgan fingerprint density at radius 2 is 1.96 bits per heavy atom.